The van der Waals surface area contributed by atoms with E-state index in [-0.39, 0.29) is 18.8 Å². The van der Waals surface area contributed by atoms with E-state index >= 15 is 0 Å². The predicted molar refractivity (Wildman–Crippen MR) is 114 cm³/mol. The van der Waals surface area contributed by atoms with Crippen LogP contribution in [0.1, 0.15) is 40.7 Å². The number of hydrogen-bond donors (Lipinski definition) is 0. The highest BCUT2D eigenvalue weighted by molar-refractivity contribution is 6.00. The van der Waals surface area contributed by atoms with E-state index in [9.17, 15) is 19.7 Å². The smallest absolute Gasteiger partial charge is 0.382 e. The molecule has 3 aromatic carbocycles. The Morgan fingerprint density at radius 1 is 1.00 bits per heavy atom. The van der Waals surface area contributed by atoms with E-state index in [2.05, 4.69) is 0 Å². The molecule has 6 heteroatoms. The molecule has 0 aliphatic carbocycles. The molecule has 0 aromatic heterocycles. The Kier molecular flexibility index (Phi) is 6.57. The number of nitrogens with zero attached hydrogens (tertiary/aromatic N) is 1. The average Bonchev–Trinajstić information content (AvgIpc) is 2.73. The third-order valence-electron chi connectivity index (χ3n) is 5.09. The van der Waals surface area contributed by atoms with Crippen molar-refractivity contribution in [3.8, 4) is 0 Å². The molecule has 0 aliphatic rings. The van der Waals surface area contributed by atoms with Crippen LogP contribution in [0.15, 0.2) is 66.7 Å². The fraction of sp³-hybridized carbons (Fsp3) is 0.250. The van der Waals surface area contributed by atoms with E-state index in [1.807, 2.05) is 31.2 Å². The molecule has 3 rings (SSSR count). The minimum atomic E-state index is -1.65. The summed E-state index contributed by atoms with van der Waals surface area (Å²) < 4.78 is 4.93. The van der Waals surface area contributed by atoms with Gasteiger partial charge in [-0.05, 0) is 36.2 Å². The second kappa shape index (κ2) is 9.31. The van der Waals surface area contributed by atoms with Crippen LogP contribution in [0.3, 0.4) is 0 Å². The Morgan fingerprint density at radius 2 is 1.67 bits per heavy atom. The third-order valence-corrected chi connectivity index (χ3v) is 5.09. The summed E-state index contributed by atoms with van der Waals surface area (Å²) in [6, 6.07) is 18.3. The Balaban J connectivity index is 1.96. The number of nitro groups is 1. The van der Waals surface area contributed by atoms with Gasteiger partial charge >= 0.3 is 12.0 Å². The van der Waals surface area contributed by atoms with Crippen molar-refractivity contribution < 1.29 is 19.2 Å². The van der Waals surface area contributed by atoms with Crippen molar-refractivity contribution in [1.29, 1.82) is 0 Å². The highest BCUT2D eigenvalue weighted by Gasteiger charge is 2.42. The molecule has 0 aliphatic heterocycles. The summed E-state index contributed by atoms with van der Waals surface area (Å²) >= 11 is 0. The van der Waals surface area contributed by atoms with Gasteiger partial charge in [0.05, 0.1) is 12.5 Å². The van der Waals surface area contributed by atoms with E-state index < -0.39 is 22.9 Å². The highest BCUT2D eigenvalue weighted by atomic mass is 16.6. The monoisotopic (exact) mass is 405 g/mol. The zero-order valence-corrected chi connectivity index (χ0v) is 16.9. The summed E-state index contributed by atoms with van der Waals surface area (Å²) in [6.07, 6.45) is -0.175. The zero-order valence-electron chi connectivity index (χ0n) is 16.9. The second-order valence-electron chi connectivity index (χ2n) is 7.19. The van der Waals surface area contributed by atoms with Gasteiger partial charge in [-0.15, -0.1) is 0 Å². The Morgan fingerprint density at radius 3 is 2.33 bits per heavy atom. The number of carbonyl (C=O) groups is 2. The fourth-order valence-electron chi connectivity index (χ4n) is 3.59. The van der Waals surface area contributed by atoms with Crippen LogP contribution in [-0.4, -0.2) is 29.3 Å². The molecule has 0 amide bonds. The van der Waals surface area contributed by atoms with Crippen molar-refractivity contribution in [2.24, 2.45) is 0 Å². The molecule has 2 atom stereocenters. The lowest BCUT2D eigenvalue weighted by Gasteiger charge is -2.20. The van der Waals surface area contributed by atoms with E-state index in [0.29, 0.717) is 11.1 Å². The molecule has 154 valence electrons. The van der Waals surface area contributed by atoms with E-state index in [1.165, 1.54) is 0 Å². The number of rotatable bonds is 8. The van der Waals surface area contributed by atoms with Crippen LogP contribution < -0.4 is 0 Å². The van der Waals surface area contributed by atoms with Gasteiger partial charge in [0.25, 0.3) is 0 Å². The number of fused-ring (bicyclic) bond motifs is 1. The molecule has 0 spiro atoms. The van der Waals surface area contributed by atoms with Gasteiger partial charge in [0, 0.05) is 16.9 Å². The Hall–Kier alpha value is -3.54. The van der Waals surface area contributed by atoms with Gasteiger partial charge in [0.1, 0.15) is 0 Å². The van der Waals surface area contributed by atoms with Gasteiger partial charge in [0.15, 0.2) is 5.78 Å². The topological polar surface area (TPSA) is 86.5 Å². The first-order valence-corrected chi connectivity index (χ1v) is 9.79. The first-order valence-electron chi connectivity index (χ1n) is 9.79. The van der Waals surface area contributed by atoms with Gasteiger partial charge in [0.2, 0.25) is 0 Å². The SMILES string of the molecule is CCOC(=O)C(C(CC(=O)c1ccc2cc(C)ccc2c1)c1ccccc1)[N+](=O)[O-]. The lowest BCUT2D eigenvalue weighted by atomic mass is 9.85. The van der Waals surface area contributed by atoms with Gasteiger partial charge < -0.3 is 4.74 Å². The van der Waals surface area contributed by atoms with Crippen LogP contribution in [0.5, 0.6) is 0 Å². The average molecular weight is 405 g/mol. The molecule has 0 heterocycles. The summed E-state index contributed by atoms with van der Waals surface area (Å²) in [7, 11) is 0. The lowest BCUT2D eigenvalue weighted by Crippen LogP contribution is -2.38. The Bertz CT molecular complexity index is 1080. The summed E-state index contributed by atoms with van der Waals surface area (Å²) in [5.41, 5.74) is 2.13. The number of ketones is 1. The molecule has 0 radical (unpaired) electrons. The van der Waals surface area contributed by atoms with Crippen molar-refractivity contribution in [3.63, 3.8) is 0 Å². The number of carbonyl (C=O) groups excluding carboxylic acids is 2. The van der Waals surface area contributed by atoms with Crippen LogP contribution >= 0.6 is 0 Å². The van der Waals surface area contributed by atoms with E-state index in [1.54, 1.807) is 49.4 Å². The van der Waals surface area contributed by atoms with Crippen LogP contribution in [-0.2, 0) is 9.53 Å². The molecule has 2 unspecified atom stereocenters. The minimum Gasteiger partial charge on any atom is -0.461 e. The Labute approximate surface area is 174 Å². The third kappa shape index (κ3) is 4.71. The van der Waals surface area contributed by atoms with Gasteiger partial charge in [-0.2, -0.15) is 0 Å². The normalized spacial score (nSPS) is 12.9. The maximum atomic E-state index is 13.1. The highest BCUT2D eigenvalue weighted by Crippen LogP contribution is 2.29. The summed E-state index contributed by atoms with van der Waals surface area (Å²) in [5, 5.41) is 13.7. The molecule has 0 saturated carbocycles. The molecule has 6 nitrogen and oxygen atoms in total. The quantitative estimate of drug-likeness (QED) is 0.234. The van der Waals surface area contributed by atoms with Gasteiger partial charge in [-0.1, -0.05) is 66.2 Å². The molecule has 0 saturated heterocycles. The lowest BCUT2D eigenvalue weighted by molar-refractivity contribution is -0.514. The largest absolute Gasteiger partial charge is 0.461 e. The van der Waals surface area contributed by atoms with Crippen molar-refractivity contribution in [2.45, 2.75) is 32.2 Å². The molecule has 0 fully saturated rings. The summed E-state index contributed by atoms with van der Waals surface area (Å²) in [4.78, 5) is 36.5. The summed E-state index contributed by atoms with van der Waals surface area (Å²) in [5.74, 6) is -2.12. The number of Topliss-reactive ketones (excluding diaryl/α,β-unsaturated/α-hetero) is 1. The maximum Gasteiger partial charge on any atom is 0.382 e. The van der Waals surface area contributed by atoms with E-state index in [4.69, 9.17) is 4.74 Å². The van der Waals surface area contributed by atoms with Crippen LogP contribution in [0.2, 0.25) is 0 Å². The fourth-order valence-corrected chi connectivity index (χ4v) is 3.59. The number of benzene rings is 3. The molecule has 30 heavy (non-hydrogen) atoms. The zero-order chi connectivity index (χ0) is 21.7. The van der Waals surface area contributed by atoms with Crippen LogP contribution in [0.4, 0.5) is 0 Å². The first-order chi connectivity index (χ1) is 14.4. The van der Waals surface area contributed by atoms with Crippen LogP contribution in [0.25, 0.3) is 10.8 Å². The second-order valence-corrected chi connectivity index (χ2v) is 7.19. The van der Waals surface area contributed by atoms with E-state index in [0.717, 1.165) is 16.3 Å². The minimum absolute atomic E-state index is 0.0305. The van der Waals surface area contributed by atoms with Crippen molar-refractivity contribution in [1.82, 2.24) is 0 Å². The molecular weight excluding hydrogens is 382 g/mol. The number of ether oxygens (including phenoxy) is 1. The predicted octanol–water partition coefficient (Wildman–Crippen LogP) is 4.71. The summed E-state index contributed by atoms with van der Waals surface area (Å²) in [6.45, 7) is 3.62. The van der Waals surface area contributed by atoms with Crippen molar-refractivity contribution in [3.05, 3.63) is 93.5 Å². The molecular formula is C24H23NO5. The molecule has 3 aromatic rings. The number of esters is 1. The van der Waals surface area contributed by atoms with Gasteiger partial charge in [-0.25, -0.2) is 4.79 Å². The van der Waals surface area contributed by atoms with Crippen molar-refractivity contribution >= 4 is 22.5 Å². The first kappa shape index (κ1) is 21.2. The number of aryl methyl sites for hydroxylation is 1. The standard InChI is InChI=1S/C24H23NO5/c1-3-30-24(27)23(25(28)29)21(17-7-5-4-6-8-17)15-22(26)20-12-11-18-13-16(2)9-10-19(18)14-20/h4-14,21,23H,3,15H2,1-2H3. The molecule has 0 bridgehead atoms. The maximum absolute atomic E-state index is 13.1. The van der Waals surface area contributed by atoms with Crippen LogP contribution in [0, 0.1) is 17.0 Å². The van der Waals surface area contributed by atoms with Gasteiger partial charge in [-0.3, -0.25) is 14.9 Å². The van der Waals surface area contributed by atoms with Crippen molar-refractivity contribution in [2.75, 3.05) is 6.61 Å². The number of hydrogen-bond acceptors (Lipinski definition) is 5. The molecule has 0 N–H and O–H groups in total.